The number of para-hydroxylation sites is 1. The molecule has 1 fully saturated rings. The van der Waals surface area contributed by atoms with Crippen LogP contribution in [0, 0.1) is 13.8 Å². The minimum atomic E-state index is -0.566. The fraction of sp³-hybridized carbons (Fsp3) is 0.474. The predicted octanol–water partition coefficient (Wildman–Crippen LogP) is 3.06. The van der Waals surface area contributed by atoms with Gasteiger partial charge in [-0.2, -0.15) is 0 Å². The maximum atomic E-state index is 12.7. The molecule has 0 spiro atoms. The van der Waals surface area contributed by atoms with Crippen molar-refractivity contribution in [2.24, 2.45) is 0 Å². The highest BCUT2D eigenvalue weighted by Crippen LogP contribution is 2.24. The minimum absolute atomic E-state index is 0.0121. The van der Waals surface area contributed by atoms with E-state index in [0.717, 1.165) is 36.7 Å². The van der Waals surface area contributed by atoms with Crippen LogP contribution in [0.1, 0.15) is 23.9 Å². The first-order valence-corrected chi connectivity index (χ1v) is 9.17. The van der Waals surface area contributed by atoms with Crippen LogP contribution in [0.3, 0.4) is 0 Å². The average Bonchev–Trinajstić information content (AvgIpc) is 2.95. The first-order chi connectivity index (χ1) is 12.5. The number of carbonyl (C=O) groups is 1. The third-order valence-electron chi connectivity index (χ3n) is 4.74. The Morgan fingerprint density at radius 3 is 2.58 bits per heavy atom. The molecular formula is C19H24ClN3O3. The summed E-state index contributed by atoms with van der Waals surface area (Å²) in [7, 11) is 0. The molecule has 0 radical (unpaired) electrons. The number of halogens is 1. The number of aromatic nitrogens is 1. The number of ether oxygens (including phenoxy) is 1. The number of benzene rings is 1. The second-order valence-electron chi connectivity index (χ2n) is 6.59. The lowest BCUT2D eigenvalue weighted by molar-refractivity contribution is -0.139. The molecule has 1 saturated heterocycles. The third kappa shape index (κ3) is 4.19. The highest BCUT2D eigenvalue weighted by Gasteiger charge is 2.27. The molecule has 2 heterocycles. The number of hydrogen-bond acceptors (Lipinski definition) is 5. The normalized spacial score (nSPS) is 16.5. The lowest BCUT2D eigenvalue weighted by Crippen LogP contribution is -2.51. The van der Waals surface area contributed by atoms with Gasteiger partial charge in [0.1, 0.15) is 11.5 Å². The Labute approximate surface area is 158 Å². The quantitative estimate of drug-likeness (QED) is 0.801. The molecule has 1 aromatic heterocycles. The molecular weight excluding hydrogens is 354 g/mol. The van der Waals surface area contributed by atoms with Gasteiger partial charge in [0.2, 0.25) is 0 Å². The molecule has 6 nitrogen and oxygen atoms in total. The van der Waals surface area contributed by atoms with Crippen LogP contribution < -0.4 is 4.74 Å². The van der Waals surface area contributed by atoms with Gasteiger partial charge < -0.3 is 14.2 Å². The highest BCUT2D eigenvalue weighted by atomic mass is 35.5. The Hall–Kier alpha value is -2.05. The molecule has 7 heteroatoms. The smallest absolute Gasteiger partial charge is 0.263 e. The predicted molar refractivity (Wildman–Crippen MR) is 99.4 cm³/mol. The molecule has 0 bridgehead atoms. The molecule has 1 aliphatic rings. The lowest BCUT2D eigenvalue weighted by atomic mass is 10.1. The van der Waals surface area contributed by atoms with Gasteiger partial charge in [-0.3, -0.25) is 9.69 Å². The zero-order valence-corrected chi connectivity index (χ0v) is 16.1. The number of aryl methyl sites for hydroxylation is 2. The van der Waals surface area contributed by atoms with Gasteiger partial charge >= 0.3 is 0 Å². The summed E-state index contributed by atoms with van der Waals surface area (Å²) in [4.78, 5) is 16.8. The van der Waals surface area contributed by atoms with Gasteiger partial charge in [-0.05, 0) is 32.9 Å². The Bertz CT molecular complexity index is 750. The van der Waals surface area contributed by atoms with Crippen molar-refractivity contribution in [3.05, 3.63) is 46.3 Å². The highest BCUT2D eigenvalue weighted by molar-refractivity contribution is 6.32. The van der Waals surface area contributed by atoms with Crippen LogP contribution >= 0.6 is 11.6 Å². The topological polar surface area (TPSA) is 58.8 Å². The van der Waals surface area contributed by atoms with E-state index in [4.69, 9.17) is 20.9 Å². The van der Waals surface area contributed by atoms with Crippen LogP contribution in [0.15, 0.2) is 28.8 Å². The molecule has 0 aliphatic carbocycles. The molecule has 1 amide bonds. The lowest BCUT2D eigenvalue weighted by Gasteiger charge is -2.35. The van der Waals surface area contributed by atoms with Crippen LogP contribution in [-0.4, -0.2) is 53.1 Å². The van der Waals surface area contributed by atoms with E-state index in [1.165, 1.54) is 0 Å². The van der Waals surface area contributed by atoms with E-state index in [2.05, 4.69) is 10.1 Å². The van der Waals surface area contributed by atoms with E-state index in [-0.39, 0.29) is 5.91 Å². The van der Waals surface area contributed by atoms with E-state index in [9.17, 15) is 4.79 Å². The summed E-state index contributed by atoms with van der Waals surface area (Å²) in [6, 6.07) is 7.20. The number of carbonyl (C=O) groups excluding carboxylic acids is 1. The number of nitrogens with zero attached hydrogens (tertiary/aromatic N) is 3. The average molecular weight is 378 g/mol. The van der Waals surface area contributed by atoms with Gasteiger partial charge in [-0.1, -0.05) is 28.9 Å². The Balaban J connectivity index is 1.52. The van der Waals surface area contributed by atoms with Crippen LogP contribution in [0.5, 0.6) is 5.75 Å². The van der Waals surface area contributed by atoms with Crippen molar-refractivity contribution in [1.29, 1.82) is 0 Å². The van der Waals surface area contributed by atoms with Crippen molar-refractivity contribution in [2.45, 2.75) is 33.4 Å². The summed E-state index contributed by atoms with van der Waals surface area (Å²) < 4.78 is 11.0. The van der Waals surface area contributed by atoms with Crippen molar-refractivity contribution in [2.75, 3.05) is 26.2 Å². The second-order valence-corrected chi connectivity index (χ2v) is 7.00. The van der Waals surface area contributed by atoms with Crippen molar-refractivity contribution in [1.82, 2.24) is 15.0 Å². The van der Waals surface area contributed by atoms with Crippen LogP contribution in [0.2, 0.25) is 5.02 Å². The first-order valence-electron chi connectivity index (χ1n) is 8.79. The SMILES string of the molecule is Cc1noc(C)c1CN1CCN(C(=O)C(C)Oc2ccccc2Cl)CC1. The van der Waals surface area contributed by atoms with Crippen LogP contribution in [0.25, 0.3) is 0 Å². The van der Waals surface area contributed by atoms with Crippen LogP contribution in [0.4, 0.5) is 0 Å². The van der Waals surface area contributed by atoms with Gasteiger partial charge in [-0.25, -0.2) is 0 Å². The Morgan fingerprint density at radius 1 is 1.27 bits per heavy atom. The maximum absolute atomic E-state index is 12.7. The van der Waals surface area contributed by atoms with Crippen molar-refractivity contribution < 1.29 is 14.1 Å². The molecule has 1 atom stereocenters. The molecule has 0 saturated carbocycles. The summed E-state index contributed by atoms with van der Waals surface area (Å²) in [5.74, 6) is 1.39. The van der Waals surface area contributed by atoms with Gasteiger partial charge in [0, 0.05) is 38.3 Å². The van der Waals surface area contributed by atoms with E-state index in [1.807, 2.05) is 30.9 Å². The zero-order valence-electron chi connectivity index (χ0n) is 15.4. The Kier molecular flexibility index (Phi) is 5.84. The summed E-state index contributed by atoms with van der Waals surface area (Å²) in [5, 5.41) is 4.51. The zero-order chi connectivity index (χ0) is 18.7. The van der Waals surface area contributed by atoms with E-state index >= 15 is 0 Å². The monoisotopic (exact) mass is 377 g/mol. The third-order valence-corrected chi connectivity index (χ3v) is 5.05. The molecule has 0 N–H and O–H groups in total. The minimum Gasteiger partial charge on any atom is -0.479 e. The van der Waals surface area contributed by atoms with Gasteiger partial charge in [-0.15, -0.1) is 0 Å². The molecule has 3 rings (SSSR count). The summed E-state index contributed by atoms with van der Waals surface area (Å²) in [6.45, 7) is 9.44. The second kappa shape index (κ2) is 8.10. The molecule has 1 aromatic carbocycles. The van der Waals surface area contributed by atoms with Gasteiger partial charge in [0.05, 0.1) is 10.7 Å². The van der Waals surface area contributed by atoms with Crippen molar-refractivity contribution >= 4 is 17.5 Å². The first kappa shape index (κ1) is 18.7. The standard InChI is InChI=1S/C19H24ClN3O3/c1-13-16(14(2)26-21-13)12-22-8-10-23(11-9-22)19(24)15(3)25-18-7-5-4-6-17(18)20/h4-7,15H,8-12H2,1-3H3. The Morgan fingerprint density at radius 2 is 1.96 bits per heavy atom. The number of amides is 1. The summed E-state index contributed by atoms with van der Waals surface area (Å²) >= 11 is 6.10. The maximum Gasteiger partial charge on any atom is 0.263 e. The molecule has 1 aliphatic heterocycles. The fourth-order valence-corrected chi connectivity index (χ4v) is 3.30. The van der Waals surface area contributed by atoms with Crippen LogP contribution in [-0.2, 0) is 11.3 Å². The molecule has 26 heavy (non-hydrogen) atoms. The molecule has 2 aromatic rings. The summed E-state index contributed by atoms with van der Waals surface area (Å²) in [6.07, 6.45) is -0.566. The van der Waals surface area contributed by atoms with Gasteiger partial charge in [0.25, 0.3) is 5.91 Å². The van der Waals surface area contributed by atoms with Crippen molar-refractivity contribution in [3.63, 3.8) is 0 Å². The largest absolute Gasteiger partial charge is 0.479 e. The van der Waals surface area contributed by atoms with E-state index < -0.39 is 6.10 Å². The van der Waals surface area contributed by atoms with Crippen molar-refractivity contribution in [3.8, 4) is 5.75 Å². The number of piperazine rings is 1. The number of hydrogen-bond donors (Lipinski definition) is 0. The summed E-state index contributed by atoms with van der Waals surface area (Å²) in [5.41, 5.74) is 2.07. The molecule has 140 valence electrons. The fourth-order valence-electron chi connectivity index (χ4n) is 3.12. The van der Waals surface area contributed by atoms with E-state index in [1.54, 1.807) is 19.1 Å². The van der Waals surface area contributed by atoms with Gasteiger partial charge in [0.15, 0.2) is 6.10 Å². The van der Waals surface area contributed by atoms with E-state index in [0.29, 0.717) is 23.9 Å². The number of rotatable bonds is 5. The molecule has 1 unspecified atom stereocenters.